The summed E-state index contributed by atoms with van der Waals surface area (Å²) in [5.41, 5.74) is 0. The Morgan fingerprint density at radius 2 is 1.43 bits per heavy atom. The molecule has 0 spiro atoms. The summed E-state index contributed by atoms with van der Waals surface area (Å²) in [6.45, 7) is 0. The predicted octanol–water partition coefficient (Wildman–Crippen LogP) is -0.705. The zero-order chi connectivity index (χ0) is 10.7. The van der Waals surface area contributed by atoms with Crippen molar-refractivity contribution in [2.24, 2.45) is 0 Å². The summed E-state index contributed by atoms with van der Waals surface area (Å²) in [7, 11) is 0. The third-order valence-electron chi connectivity index (χ3n) is 1.87. The van der Waals surface area contributed by atoms with Crippen LogP contribution in [0.4, 0.5) is 0 Å². The van der Waals surface area contributed by atoms with Crippen molar-refractivity contribution in [2.75, 3.05) is 0 Å². The number of rotatable bonds is 4. The van der Waals surface area contributed by atoms with Gasteiger partial charge in [-0.15, -0.1) is 20.2 Å². The highest BCUT2D eigenvalue weighted by molar-refractivity contribution is 4.83. The van der Waals surface area contributed by atoms with Gasteiger partial charge in [0.2, 0.25) is 0 Å². The lowest BCUT2D eigenvalue weighted by Gasteiger charge is -2.14. The first-order valence-corrected chi connectivity index (χ1v) is 3.79. The van der Waals surface area contributed by atoms with Crippen molar-refractivity contribution in [2.45, 2.75) is 31.2 Å². The molecule has 0 amide bonds. The van der Waals surface area contributed by atoms with Crippen LogP contribution in [0.15, 0.2) is 0 Å². The second kappa shape index (κ2) is 4.05. The number of hydrogen-bond acceptors (Lipinski definition) is 7. The van der Waals surface area contributed by atoms with Gasteiger partial charge in [-0.05, 0) is 0 Å². The normalized spacial score (nSPS) is 31.1. The van der Waals surface area contributed by atoms with Gasteiger partial charge in [0.25, 0.3) is 10.2 Å². The molecule has 1 aliphatic carbocycles. The Labute approximate surface area is 77.4 Å². The summed E-state index contributed by atoms with van der Waals surface area (Å²) in [6, 6.07) is 0. The summed E-state index contributed by atoms with van der Waals surface area (Å²) < 4.78 is 0. The van der Waals surface area contributed by atoms with E-state index in [0.717, 1.165) is 0 Å². The quantitative estimate of drug-likeness (QED) is 0.477. The molecule has 0 saturated heterocycles. The lowest BCUT2D eigenvalue weighted by atomic mass is 10.3. The van der Waals surface area contributed by atoms with Gasteiger partial charge in [-0.2, -0.15) is 0 Å². The van der Waals surface area contributed by atoms with Crippen LogP contribution in [0, 0.1) is 20.2 Å². The first-order chi connectivity index (χ1) is 6.49. The van der Waals surface area contributed by atoms with E-state index in [1.807, 2.05) is 0 Å². The molecule has 0 aromatic heterocycles. The monoisotopic (exact) mass is 208 g/mol. The SMILES string of the molecule is O=[N+]([O-])OC1CC(O)CC1O[N+](=O)[O-]. The molecule has 9 heteroatoms. The highest BCUT2D eigenvalue weighted by Crippen LogP contribution is 2.25. The number of aliphatic hydroxyl groups is 1. The molecule has 0 aromatic carbocycles. The molecular formula is C5H8N2O7. The van der Waals surface area contributed by atoms with Crippen LogP contribution in [0.5, 0.6) is 0 Å². The minimum atomic E-state index is -1.08. The van der Waals surface area contributed by atoms with E-state index in [1.165, 1.54) is 0 Å². The van der Waals surface area contributed by atoms with Crippen LogP contribution in [0.2, 0.25) is 0 Å². The second-order valence-corrected chi connectivity index (χ2v) is 2.86. The van der Waals surface area contributed by atoms with Gasteiger partial charge >= 0.3 is 0 Å². The molecule has 2 unspecified atom stereocenters. The van der Waals surface area contributed by atoms with Gasteiger partial charge in [-0.3, -0.25) is 0 Å². The molecule has 9 nitrogen and oxygen atoms in total. The van der Waals surface area contributed by atoms with Gasteiger partial charge < -0.3 is 14.8 Å². The smallest absolute Gasteiger partial charge is 0.294 e. The second-order valence-electron chi connectivity index (χ2n) is 2.86. The standard InChI is InChI=1S/C5H8N2O7/c8-3-1-4(13-6(9)10)5(2-3)14-7(11)12/h3-5,8H,1-2H2. The molecular weight excluding hydrogens is 200 g/mol. The maximum Gasteiger partial charge on any atom is 0.294 e. The number of hydrogen-bond donors (Lipinski definition) is 1. The molecule has 1 aliphatic rings. The van der Waals surface area contributed by atoms with E-state index in [4.69, 9.17) is 5.11 Å². The summed E-state index contributed by atoms with van der Waals surface area (Å²) in [6.07, 6.45) is -3.11. The van der Waals surface area contributed by atoms with Crippen molar-refractivity contribution < 1.29 is 25.0 Å². The Balaban J connectivity index is 2.53. The Bertz CT molecular complexity index is 220. The minimum absolute atomic E-state index is 0.0422. The van der Waals surface area contributed by atoms with Crippen LogP contribution in [-0.2, 0) is 9.68 Å². The molecule has 0 radical (unpaired) electrons. The fraction of sp³-hybridized carbons (Fsp3) is 1.00. The molecule has 0 bridgehead atoms. The van der Waals surface area contributed by atoms with Crippen molar-refractivity contribution in [3.05, 3.63) is 20.2 Å². The van der Waals surface area contributed by atoms with Gasteiger partial charge in [-0.25, -0.2) is 0 Å². The van der Waals surface area contributed by atoms with Crippen LogP contribution in [0.3, 0.4) is 0 Å². The molecule has 1 saturated carbocycles. The van der Waals surface area contributed by atoms with Gasteiger partial charge in [0, 0.05) is 12.8 Å². The van der Waals surface area contributed by atoms with Crippen LogP contribution < -0.4 is 0 Å². The molecule has 14 heavy (non-hydrogen) atoms. The van der Waals surface area contributed by atoms with Crippen molar-refractivity contribution in [3.8, 4) is 0 Å². The average Bonchev–Trinajstić information content (AvgIpc) is 2.28. The number of nitrogens with zero attached hydrogens (tertiary/aromatic N) is 2. The van der Waals surface area contributed by atoms with Crippen molar-refractivity contribution in [1.82, 2.24) is 0 Å². The van der Waals surface area contributed by atoms with E-state index in [1.54, 1.807) is 0 Å². The molecule has 1 N–H and O–H groups in total. The zero-order valence-electron chi connectivity index (χ0n) is 6.94. The summed E-state index contributed by atoms with van der Waals surface area (Å²) in [4.78, 5) is 28.2. The molecule has 0 aromatic rings. The summed E-state index contributed by atoms with van der Waals surface area (Å²) in [5.74, 6) is 0. The van der Waals surface area contributed by atoms with Crippen molar-refractivity contribution in [1.29, 1.82) is 0 Å². The third kappa shape index (κ3) is 2.69. The Morgan fingerprint density at radius 3 is 1.71 bits per heavy atom. The van der Waals surface area contributed by atoms with E-state index in [-0.39, 0.29) is 12.8 Å². The molecule has 2 atom stereocenters. The van der Waals surface area contributed by atoms with Crippen LogP contribution in [-0.4, -0.2) is 33.6 Å². The molecule has 80 valence electrons. The van der Waals surface area contributed by atoms with Gasteiger partial charge in [0.05, 0.1) is 6.10 Å². The van der Waals surface area contributed by atoms with Crippen LogP contribution in [0.25, 0.3) is 0 Å². The average molecular weight is 208 g/mol. The van der Waals surface area contributed by atoms with Gasteiger partial charge in [0.15, 0.2) is 0 Å². The first-order valence-electron chi connectivity index (χ1n) is 3.79. The van der Waals surface area contributed by atoms with Gasteiger partial charge in [0.1, 0.15) is 12.2 Å². The third-order valence-corrected chi connectivity index (χ3v) is 1.87. The highest BCUT2D eigenvalue weighted by atomic mass is 17.0. The molecule has 1 fully saturated rings. The van der Waals surface area contributed by atoms with Crippen molar-refractivity contribution >= 4 is 0 Å². The van der Waals surface area contributed by atoms with Crippen LogP contribution >= 0.6 is 0 Å². The van der Waals surface area contributed by atoms with Crippen LogP contribution in [0.1, 0.15) is 12.8 Å². The highest BCUT2D eigenvalue weighted by Gasteiger charge is 2.38. The van der Waals surface area contributed by atoms with E-state index in [2.05, 4.69) is 9.68 Å². The summed E-state index contributed by atoms with van der Waals surface area (Å²) >= 11 is 0. The fourth-order valence-electron chi connectivity index (χ4n) is 1.38. The zero-order valence-corrected chi connectivity index (χ0v) is 6.94. The maximum atomic E-state index is 9.97. The minimum Gasteiger partial charge on any atom is -0.393 e. The fourth-order valence-corrected chi connectivity index (χ4v) is 1.38. The van der Waals surface area contributed by atoms with E-state index in [9.17, 15) is 20.2 Å². The van der Waals surface area contributed by atoms with Crippen molar-refractivity contribution in [3.63, 3.8) is 0 Å². The van der Waals surface area contributed by atoms with Gasteiger partial charge in [-0.1, -0.05) is 0 Å². The molecule has 0 aliphatic heterocycles. The van der Waals surface area contributed by atoms with E-state index >= 15 is 0 Å². The Hall–Kier alpha value is -1.64. The van der Waals surface area contributed by atoms with E-state index in [0.29, 0.717) is 0 Å². The summed E-state index contributed by atoms with van der Waals surface area (Å²) in [5, 5.41) is 26.9. The first kappa shape index (κ1) is 10.4. The Morgan fingerprint density at radius 1 is 1.07 bits per heavy atom. The maximum absolute atomic E-state index is 9.97. The Kier molecular flexibility index (Phi) is 3.02. The molecule has 0 heterocycles. The largest absolute Gasteiger partial charge is 0.393 e. The lowest BCUT2D eigenvalue weighted by molar-refractivity contribution is -0.797. The number of aliphatic hydroxyl groups excluding tert-OH is 1. The lowest BCUT2D eigenvalue weighted by Crippen LogP contribution is -2.30. The predicted molar refractivity (Wildman–Crippen MR) is 39.0 cm³/mol. The topological polar surface area (TPSA) is 125 Å². The molecule has 1 rings (SSSR count). The van der Waals surface area contributed by atoms with E-state index < -0.39 is 28.5 Å².